The number of benzene rings is 2. The molecule has 2 aromatic rings. The van der Waals surface area contributed by atoms with Crippen LogP contribution in [0, 0.1) is 5.82 Å². The third kappa shape index (κ3) is 3.15. The summed E-state index contributed by atoms with van der Waals surface area (Å²) in [5.74, 6) is -0.605. The molecule has 0 atom stereocenters. The number of carbonyl (C=O) groups is 2. The second kappa shape index (κ2) is 6.08. The number of ether oxygens (including phenoxy) is 1. The molecule has 0 bridgehead atoms. The quantitative estimate of drug-likeness (QED) is 0.927. The van der Waals surface area contributed by atoms with E-state index in [0.29, 0.717) is 30.2 Å². The summed E-state index contributed by atoms with van der Waals surface area (Å²) in [6.07, 6.45) is 0. The van der Waals surface area contributed by atoms with Crippen molar-refractivity contribution < 1.29 is 18.7 Å². The number of carbonyl (C=O) groups excluding carboxylic acids is 2. The molecule has 1 aliphatic rings. The second-order valence-electron chi connectivity index (χ2n) is 5.25. The van der Waals surface area contributed by atoms with Crippen LogP contribution in [-0.2, 0) is 0 Å². The Hall–Kier alpha value is -2.89. The Balaban J connectivity index is 1.86. The summed E-state index contributed by atoms with van der Waals surface area (Å²) in [6, 6.07) is 10.3. The van der Waals surface area contributed by atoms with Gasteiger partial charge < -0.3 is 15.0 Å². The predicted molar refractivity (Wildman–Crippen MR) is 83.3 cm³/mol. The van der Waals surface area contributed by atoms with Crippen molar-refractivity contribution in [2.24, 2.45) is 0 Å². The van der Waals surface area contributed by atoms with Crippen LogP contribution < -0.4 is 10.1 Å². The van der Waals surface area contributed by atoms with Crippen molar-refractivity contribution in [2.75, 3.05) is 25.5 Å². The van der Waals surface area contributed by atoms with Gasteiger partial charge in [-0.3, -0.25) is 9.59 Å². The van der Waals surface area contributed by atoms with Gasteiger partial charge in [0.15, 0.2) is 0 Å². The highest BCUT2D eigenvalue weighted by atomic mass is 19.1. The standard InChI is InChI=1S/C17H15FN2O3/c1-20-7-8-23-15-6-5-13(10-14(15)17(20)22)19-16(21)11-3-2-4-12(18)9-11/h2-6,9-10H,7-8H2,1H3,(H,19,21). The molecule has 0 aliphatic carbocycles. The fourth-order valence-corrected chi connectivity index (χ4v) is 2.33. The lowest BCUT2D eigenvalue weighted by atomic mass is 10.1. The smallest absolute Gasteiger partial charge is 0.257 e. The number of anilines is 1. The summed E-state index contributed by atoms with van der Waals surface area (Å²) >= 11 is 0. The third-order valence-electron chi connectivity index (χ3n) is 3.59. The highest BCUT2D eigenvalue weighted by molar-refractivity contribution is 6.05. The van der Waals surface area contributed by atoms with Crippen molar-refractivity contribution in [1.29, 1.82) is 0 Å². The van der Waals surface area contributed by atoms with Crippen LogP contribution in [0.5, 0.6) is 5.75 Å². The maximum atomic E-state index is 13.2. The molecule has 118 valence electrons. The molecule has 6 heteroatoms. The van der Waals surface area contributed by atoms with E-state index in [1.807, 2.05) is 0 Å². The van der Waals surface area contributed by atoms with Crippen molar-refractivity contribution in [3.8, 4) is 5.75 Å². The van der Waals surface area contributed by atoms with Crippen LogP contribution in [0.25, 0.3) is 0 Å². The van der Waals surface area contributed by atoms with Gasteiger partial charge in [0.05, 0.1) is 12.1 Å². The fraction of sp³-hybridized carbons (Fsp3) is 0.176. The van der Waals surface area contributed by atoms with Crippen molar-refractivity contribution in [1.82, 2.24) is 4.90 Å². The molecule has 0 unspecified atom stereocenters. The SMILES string of the molecule is CN1CCOc2ccc(NC(=O)c3cccc(F)c3)cc2C1=O. The molecule has 1 aliphatic heterocycles. The molecule has 0 fully saturated rings. The van der Waals surface area contributed by atoms with Crippen LogP contribution in [0.1, 0.15) is 20.7 Å². The first-order valence-corrected chi connectivity index (χ1v) is 7.14. The first kappa shape index (κ1) is 15.0. The topological polar surface area (TPSA) is 58.6 Å². The number of rotatable bonds is 2. The van der Waals surface area contributed by atoms with Crippen LogP contribution in [-0.4, -0.2) is 36.9 Å². The maximum Gasteiger partial charge on any atom is 0.257 e. The van der Waals surface area contributed by atoms with E-state index in [4.69, 9.17) is 4.74 Å². The lowest BCUT2D eigenvalue weighted by Crippen LogP contribution is -2.27. The fourth-order valence-electron chi connectivity index (χ4n) is 2.33. The number of hydrogen-bond donors (Lipinski definition) is 1. The van der Waals surface area contributed by atoms with Crippen molar-refractivity contribution in [3.63, 3.8) is 0 Å². The van der Waals surface area contributed by atoms with Crippen molar-refractivity contribution in [2.45, 2.75) is 0 Å². The lowest BCUT2D eigenvalue weighted by molar-refractivity contribution is 0.0796. The van der Waals surface area contributed by atoms with Crippen LogP contribution in [0.3, 0.4) is 0 Å². The van der Waals surface area contributed by atoms with Gasteiger partial charge in [-0.2, -0.15) is 0 Å². The number of halogens is 1. The third-order valence-corrected chi connectivity index (χ3v) is 3.59. The Morgan fingerprint density at radius 2 is 2.09 bits per heavy atom. The number of nitrogens with zero attached hydrogens (tertiary/aromatic N) is 1. The molecule has 0 aromatic heterocycles. The lowest BCUT2D eigenvalue weighted by Gasteiger charge is -2.13. The van der Waals surface area contributed by atoms with E-state index in [1.54, 1.807) is 30.1 Å². The highest BCUT2D eigenvalue weighted by Crippen LogP contribution is 2.26. The zero-order valence-corrected chi connectivity index (χ0v) is 12.5. The van der Waals surface area contributed by atoms with Gasteiger partial charge in [0.1, 0.15) is 18.2 Å². The average molecular weight is 314 g/mol. The maximum absolute atomic E-state index is 13.2. The largest absolute Gasteiger partial charge is 0.491 e. The van der Waals surface area contributed by atoms with E-state index in [0.717, 1.165) is 6.07 Å². The molecule has 0 radical (unpaired) electrons. The Bertz CT molecular complexity index is 776. The monoisotopic (exact) mass is 314 g/mol. The molecule has 2 amide bonds. The molecular formula is C17H15FN2O3. The number of amides is 2. The minimum absolute atomic E-state index is 0.167. The van der Waals surface area contributed by atoms with Gasteiger partial charge in [0, 0.05) is 18.3 Å². The minimum Gasteiger partial charge on any atom is -0.491 e. The van der Waals surface area contributed by atoms with Crippen LogP contribution in [0.15, 0.2) is 42.5 Å². The van der Waals surface area contributed by atoms with Gasteiger partial charge >= 0.3 is 0 Å². The van der Waals surface area contributed by atoms with Gasteiger partial charge in [-0.25, -0.2) is 4.39 Å². The van der Waals surface area contributed by atoms with E-state index in [2.05, 4.69) is 5.32 Å². The molecule has 0 spiro atoms. The van der Waals surface area contributed by atoms with Gasteiger partial charge in [-0.05, 0) is 36.4 Å². The molecule has 1 heterocycles. The van der Waals surface area contributed by atoms with Gasteiger partial charge in [-0.15, -0.1) is 0 Å². The first-order valence-electron chi connectivity index (χ1n) is 7.14. The molecule has 0 saturated carbocycles. The van der Waals surface area contributed by atoms with E-state index >= 15 is 0 Å². The zero-order chi connectivity index (χ0) is 16.4. The van der Waals surface area contributed by atoms with Gasteiger partial charge in [0.25, 0.3) is 11.8 Å². The minimum atomic E-state index is -0.482. The van der Waals surface area contributed by atoms with Crippen LogP contribution in [0.4, 0.5) is 10.1 Å². The van der Waals surface area contributed by atoms with Gasteiger partial charge in [-0.1, -0.05) is 6.07 Å². The van der Waals surface area contributed by atoms with E-state index in [1.165, 1.54) is 18.2 Å². The zero-order valence-electron chi connectivity index (χ0n) is 12.5. The number of nitrogens with one attached hydrogen (secondary N) is 1. The molecule has 23 heavy (non-hydrogen) atoms. The number of hydrogen-bond acceptors (Lipinski definition) is 3. The van der Waals surface area contributed by atoms with Crippen molar-refractivity contribution in [3.05, 3.63) is 59.4 Å². The normalized spacial score (nSPS) is 13.8. The molecule has 5 nitrogen and oxygen atoms in total. The summed E-state index contributed by atoms with van der Waals surface area (Å²) in [6.45, 7) is 0.919. The number of fused-ring (bicyclic) bond motifs is 1. The summed E-state index contributed by atoms with van der Waals surface area (Å²) in [4.78, 5) is 26.0. The summed E-state index contributed by atoms with van der Waals surface area (Å²) in [5, 5.41) is 2.66. The molecule has 3 rings (SSSR count). The highest BCUT2D eigenvalue weighted by Gasteiger charge is 2.21. The summed E-state index contributed by atoms with van der Waals surface area (Å²) in [7, 11) is 1.69. The Morgan fingerprint density at radius 1 is 1.26 bits per heavy atom. The average Bonchev–Trinajstić information content (AvgIpc) is 2.67. The second-order valence-corrected chi connectivity index (χ2v) is 5.25. The van der Waals surface area contributed by atoms with Crippen molar-refractivity contribution >= 4 is 17.5 Å². The molecule has 1 N–H and O–H groups in total. The Labute approximate surface area is 132 Å². The first-order chi connectivity index (χ1) is 11.0. The van der Waals surface area contributed by atoms with Gasteiger partial charge in [0.2, 0.25) is 0 Å². The summed E-state index contributed by atoms with van der Waals surface area (Å²) in [5.41, 5.74) is 1.05. The predicted octanol–water partition coefficient (Wildman–Crippen LogP) is 2.54. The Kier molecular flexibility index (Phi) is 3.97. The van der Waals surface area contributed by atoms with Crippen LogP contribution >= 0.6 is 0 Å². The van der Waals surface area contributed by atoms with Crippen LogP contribution in [0.2, 0.25) is 0 Å². The van der Waals surface area contributed by atoms with E-state index < -0.39 is 11.7 Å². The number of likely N-dealkylation sites (N-methyl/N-ethyl adjacent to an activating group) is 1. The molecule has 0 saturated heterocycles. The molecule has 2 aromatic carbocycles. The Morgan fingerprint density at radius 3 is 2.87 bits per heavy atom. The summed E-state index contributed by atoms with van der Waals surface area (Å²) < 4.78 is 18.7. The van der Waals surface area contributed by atoms with E-state index in [-0.39, 0.29) is 11.5 Å². The molecular weight excluding hydrogens is 299 g/mol. The van der Waals surface area contributed by atoms with E-state index in [9.17, 15) is 14.0 Å².